The standard InChI is InChI=1S/C22H27FO2/c1-2-3-15-4-6-16(7-5-15)17-8-10-18(11-9-17)19-12-20(14-24)22(25)21(23)13-19/h8-13,15-16,24-25H,2-7,14H2,1H3. The number of rotatable bonds is 5. The van der Waals surface area contributed by atoms with Gasteiger partial charge in [-0.05, 0) is 66.3 Å². The molecule has 0 radical (unpaired) electrons. The van der Waals surface area contributed by atoms with E-state index in [-0.39, 0.29) is 12.2 Å². The molecule has 2 nitrogen and oxygen atoms in total. The molecule has 3 rings (SSSR count). The van der Waals surface area contributed by atoms with Crippen LogP contribution in [0.25, 0.3) is 11.1 Å². The van der Waals surface area contributed by atoms with Crippen molar-refractivity contribution in [3.05, 3.63) is 53.3 Å². The van der Waals surface area contributed by atoms with Gasteiger partial charge in [0.05, 0.1) is 6.61 Å². The Morgan fingerprint density at radius 3 is 2.28 bits per heavy atom. The maximum atomic E-state index is 13.8. The zero-order valence-electron chi connectivity index (χ0n) is 14.8. The van der Waals surface area contributed by atoms with Crippen LogP contribution in [-0.2, 0) is 6.61 Å². The van der Waals surface area contributed by atoms with Gasteiger partial charge in [0, 0.05) is 5.56 Å². The van der Waals surface area contributed by atoms with Gasteiger partial charge >= 0.3 is 0 Å². The van der Waals surface area contributed by atoms with Gasteiger partial charge in [-0.25, -0.2) is 4.39 Å². The first-order valence-electron chi connectivity index (χ1n) is 9.35. The number of aromatic hydroxyl groups is 1. The summed E-state index contributed by atoms with van der Waals surface area (Å²) in [7, 11) is 0. The topological polar surface area (TPSA) is 40.5 Å². The SMILES string of the molecule is CCCC1CCC(c2ccc(-c3cc(F)c(O)c(CO)c3)cc2)CC1. The Bertz CT molecular complexity index is 701. The van der Waals surface area contributed by atoms with Crippen LogP contribution < -0.4 is 0 Å². The Labute approximate surface area is 149 Å². The summed E-state index contributed by atoms with van der Waals surface area (Å²) in [6.45, 7) is 1.88. The second-order valence-electron chi connectivity index (χ2n) is 7.25. The first kappa shape index (κ1) is 17.9. The lowest BCUT2D eigenvalue weighted by Gasteiger charge is -2.28. The minimum atomic E-state index is -0.695. The molecule has 0 aliphatic heterocycles. The van der Waals surface area contributed by atoms with E-state index >= 15 is 0 Å². The summed E-state index contributed by atoms with van der Waals surface area (Å²) in [4.78, 5) is 0. The van der Waals surface area contributed by atoms with Crippen molar-refractivity contribution < 1.29 is 14.6 Å². The maximum absolute atomic E-state index is 13.8. The van der Waals surface area contributed by atoms with Crippen molar-refractivity contribution in [1.29, 1.82) is 0 Å². The van der Waals surface area contributed by atoms with Crippen LogP contribution in [0.2, 0.25) is 0 Å². The first-order chi connectivity index (χ1) is 12.1. The highest BCUT2D eigenvalue weighted by Gasteiger charge is 2.21. The molecule has 0 amide bonds. The predicted octanol–water partition coefficient (Wildman–Crippen LogP) is 5.76. The number of halogens is 1. The Kier molecular flexibility index (Phi) is 5.74. The molecule has 3 heteroatoms. The molecule has 0 saturated heterocycles. The van der Waals surface area contributed by atoms with Crippen LogP contribution in [0.15, 0.2) is 36.4 Å². The van der Waals surface area contributed by atoms with Gasteiger partial charge in [0.15, 0.2) is 11.6 Å². The Morgan fingerprint density at radius 2 is 1.68 bits per heavy atom. The van der Waals surface area contributed by atoms with E-state index in [0.29, 0.717) is 11.5 Å². The van der Waals surface area contributed by atoms with Gasteiger partial charge in [-0.1, -0.05) is 44.0 Å². The van der Waals surface area contributed by atoms with Gasteiger partial charge in [-0.15, -0.1) is 0 Å². The molecule has 0 unspecified atom stereocenters. The highest BCUT2D eigenvalue weighted by molar-refractivity contribution is 5.66. The van der Waals surface area contributed by atoms with Crippen LogP contribution in [0, 0.1) is 11.7 Å². The van der Waals surface area contributed by atoms with Crippen LogP contribution in [0.4, 0.5) is 4.39 Å². The van der Waals surface area contributed by atoms with Crippen LogP contribution in [0.1, 0.15) is 62.5 Å². The first-order valence-corrected chi connectivity index (χ1v) is 9.35. The van der Waals surface area contributed by atoms with Crippen molar-refractivity contribution in [2.24, 2.45) is 5.92 Å². The smallest absolute Gasteiger partial charge is 0.165 e. The zero-order chi connectivity index (χ0) is 17.8. The largest absolute Gasteiger partial charge is 0.505 e. The number of hydrogen-bond donors (Lipinski definition) is 2. The Balaban J connectivity index is 1.74. The van der Waals surface area contributed by atoms with E-state index in [4.69, 9.17) is 0 Å². The van der Waals surface area contributed by atoms with E-state index in [2.05, 4.69) is 19.1 Å². The third-order valence-electron chi connectivity index (χ3n) is 5.57. The second kappa shape index (κ2) is 8.01. The van der Waals surface area contributed by atoms with E-state index in [9.17, 15) is 14.6 Å². The normalized spacial score (nSPS) is 20.6. The fourth-order valence-electron chi connectivity index (χ4n) is 4.08. The minimum Gasteiger partial charge on any atom is -0.505 e. The molecular formula is C22H27FO2. The highest BCUT2D eigenvalue weighted by atomic mass is 19.1. The van der Waals surface area contributed by atoms with Gasteiger partial charge in [-0.3, -0.25) is 0 Å². The number of hydrogen-bond acceptors (Lipinski definition) is 2. The molecule has 0 spiro atoms. The number of phenols is 1. The highest BCUT2D eigenvalue weighted by Crippen LogP contribution is 2.38. The predicted molar refractivity (Wildman–Crippen MR) is 99.0 cm³/mol. The molecule has 1 aliphatic carbocycles. The summed E-state index contributed by atoms with van der Waals surface area (Å²) in [5.41, 5.74) is 3.16. The molecule has 1 fully saturated rings. The summed E-state index contributed by atoms with van der Waals surface area (Å²) in [5.74, 6) is 0.371. The monoisotopic (exact) mass is 342 g/mol. The minimum absolute atomic E-state index is 0.216. The molecule has 134 valence electrons. The fourth-order valence-corrected chi connectivity index (χ4v) is 4.08. The van der Waals surface area contributed by atoms with Crippen LogP contribution in [0.3, 0.4) is 0 Å². The fraction of sp³-hybridized carbons (Fsp3) is 0.455. The van der Waals surface area contributed by atoms with Gasteiger partial charge in [0.1, 0.15) is 0 Å². The van der Waals surface area contributed by atoms with Crippen molar-refractivity contribution in [1.82, 2.24) is 0 Å². The van der Waals surface area contributed by atoms with Crippen molar-refractivity contribution >= 4 is 0 Å². The number of aliphatic hydroxyl groups is 1. The summed E-state index contributed by atoms with van der Waals surface area (Å²) in [6, 6.07) is 11.3. The molecule has 0 heterocycles. The third-order valence-corrected chi connectivity index (χ3v) is 5.57. The molecule has 0 aromatic heterocycles. The van der Waals surface area contributed by atoms with Gasteiger partial charge in [0.2, 0.25) is 0 Å². The van der Waals surface area contributed by atoms with Gasteiger partial charge in [-0.2, -0.15) is 0 Å². The maximum Gasteiger partial charge on any atom is 0.165 e. The number of aliphatic hydroxyl groups excluding tert-OH is 1. The Morgan fingerprint density at radius 1 is 1.00 bits per heavy atom. The summed E-state index contributed by atoms with van der Waals surface area (Å²) in [5, 5.41) is 18.9. The van der Waals surface area contributed by atoms with Gasteiger partial charge in [0.25, 0.3) is 0 Å². The van der Waals surface area contributed by atoms with E-state index in [0.717, 1.165) is 11.5 Å². The summed E-state index contributed by atoms with van der Waals surface area (Å²) in [6.07, 6.45) is 7.79. The van der Waals surface area contributed by atoms with Crippen molar-refractivity contribution in [3.8, 4) is 16.9 Å². The van der Waals surface area contributed by atoms with Crippen molar-refractivity contribution in [2.75, 3.05) is 0 Å². The molecule has 2 aromatic rings. The molecule has 0 bridgehead atoms. The average Bonchev–Trinajstić information content (AvgIpc) is 2.65. The molecule has 0 atom stereocenters. The lowest BCUT2D eigenvalue weighted by Crippen LogP contribution is -2.13. The molecule has 1 saturated carbocycles. The quantitative estimate of drug-likeness (QED) is 0.725. The molecule has 2 N–H and O–H groups in total. The Hall–Kier alpha value is -1.87. The third kappa shape index (κ3) is 4.04. The van der Waals surface area contributed by atoms with Gasteiger partial charge < -0.3 is 10.2 Å². The molecule has 2 aromatic carbocycles. The average molecular weight is 342 g/mol. The van der Waals surface area contributed by atoms with Crippen molar-refractivity contribution in [3.63, 3.8) is 0 Å². The van der Waals surface area contributed by atoms with Crippen LogP contribution in [0.5, 0.6) is 5.75 Å². The summed E-state index contributed by atoms with van der Waals surface area (Å²) < 4.78 is 13.8. The molecular weight excluding hydrogens is 315 g/mol. The van der Waals surface area contributed by atoms with E-state index in [1.807, 2.05) is 12.1 Å². The van der Waals surface area contributed by atoms with Crippen molar-refractivity contribution in [2.45, 2.75) is 58.0 Å². The van der Waals surface area contributed by atoms with E-state index < -0.39 is 11.6 Å². The van der Waals surface area contributed by atoms with E-state index in [1.165, 1.54) is 50.2 Å². The number of benzene rings is 2. The van der Waals surface area contributed by atoms with Crippen LogP contribution >= 0.6 is 0 Å². The molecule has 1 aliphatic rings. The summed E-state index contributed by atoms with van der Waals surface area (Å²) >= 11 is 0. The second-order valence-corrected chi connectivity index (χ2v) is 7.25. The van der Waals surface area contributed by atoms with Crippen LogP contribution in [-0.4, -0.2) is 10.2 Å². The lowest BCUT2D eigenvalue weighted by atomic mass is 9.77. The lowest BCUT2D eigenvalue weighted by molar-refractivity contribution is 0.273. The molecule has 25 heavy (non-hydrogen) atoms. The zero-order valence-corrected chi connectivity index (χ0v) is 14.8. The van der Waals surface area contributed by atoms with E-state index in [1.54, 1.807) is 6.07 Å².